The minimum Gasteiger partial charge on any atom is -0.464 e. The number of hydrogen-bond donors (Lipinski definition) is 0. The van der Waals surface area contributed by atoms with Crippen LogP contribution in [0.3, 0.4) is 0 Å². The minimum absolute atomic E-state index is 0.0216. The van der Waals surface area contributed by atoms with E-state index in [4.69, 9.17) is 11.8 Å². The average molecular weight is 178 g/mol. The summed E-state index contributed by atoms with van der Waals surface area (Å²) in [6.07, 6.45) is 0.980. The monoisotopic (exact) mass is 177 g/mol. The topological polar surface area (TPSA) is 31.2 Å². The minimum atomic E-state index is -0.663. The van der Waals surface area contributed by atoms with E-state index in [2.05, 4.69) is 4.74 Å². The summed E-state index contributed by atoms with van der Waals surface area (Å²) in [6, 6.07) is 0.999. The zero-order valence-electron chi connectivity index (χ0n) is 5.67. The molecule has 0 bridgehead atoms. The van der Waals surface area contributed by atoms with Gasteiger partial charge in [0.05, 0.1) is 13.3 Å². The highest BCUT2D eigenvalue weighted by Crippen LogP contribution is 2.09. The molecule has 0 amide bonds. The van der Waals surface area contributed by atoms with Gasteiger partial charge in [0.2, 0.25) is 0 Å². The largest absolute Gasteiger partial charge is 0.464 e. The number of aromatic nitrogens is 1. The zero-order valence-corrected chi connectivity index (χ0v) is 6.43. The Bertz CT molecular complexity index is 284. The maximum atomic E-state index is 12.4. The lowest BCUT2D eigenvalue weighted by Crippen LogP contribution is -2.03. The van der Waals surface area contributed by atoms with Gasteiger partial charge in [-0.1, -0.05) is 0 Å². The molecule has 1 rings (SSSR count). The fraction of sp³-hybridized carbons (Fsp3) is 0.167. The van der Waals surface area contributed by atoms with Crippen molar-refractivity contribution in [2.24, 2.45) is 0 Å². The average Bonchev–Trinajstić information content (AvgIpc) is 2.28. The first kappa shape index (κ1) is 8.07. The van der Waals surface area contributed by atoms with Gasteiger partial charge in [-0.2, -0.15) is 0 Å². The van der Waals surface area contributed by atoms with Crippen LogP contribution in [0.4, 0.5) is 4.39 Å². The van der Waals surface area contributed by atoms with Gasteiger partial charge >= 0.3 is 5.97 Å². The molecule has 1 heterocycles. The lowest BCUT2D eigenvalue weighted by molar-refractivity contribution is 0.0593. The van der Waals surface area contributed by atoms with E-state index in [1.165, 1.54) is 7.11 Å². The van der Waals surface area contributed by atoms with Crippen LogP contribution in [0.25, 0.3) is 0 Å². The van der Waals surface area contributed by atoms with Gasteiger partial charge in [0.25, 0.3) is 0 Å². The Morgan fingerprint density at radius 1 is 1.82 bits per heavy atom. The highest BCUT2D eigenvalue weighted by molar-refractivity contribution is 6.17. The normalized spacial score (nSPS) is 9.73. The molecule has 0 unspecified atom stereocenters. The summed E-state index contributed by atoms with van der Waals surface area (Å²) in [7, 11) is 1.20. The van der Waals surface area contributed by atoms with Crippen LogP contribution < -0.4 is 0 Å². The summed E-state index contributed by atoms with van der Waals surface area (Å²) in [5.74, 6) is -1.23. The molecule has 0 saturated heterocycles. The zero-order chi connectivity index (χ0) is 8.43. The van der Waals surface area contributed by atoms with Crippen molar-refractivity contribution in [2.45, 2.75) is 0 Å². The number of carbonyl (C=O) groups excluding carboxylic acids is 1. The van der Waals surface area contributed by atoms with Crippen LogP contribution in [0.2, 0.25) is 0 Å². The van der Waals surface area contributed by atoms with Crippen molar-refractivity contribution in [3.63, 3.8) is 0 Å². The van der Waals surface area contributed by atoms with Gasteiger partial charge in [0.1, 0.15) is 11.5 Å². The highest BCUT2D eigenvalue weighted by Gasteiger charge is 2.12. The molecule has 1 aromatic rings. The number of halogens is 2. The molecule has 0 aliphatic rings. The highest BCUT2D eigenvalue weighted by atomic mass is 35.5. The predicted molar refractivity (Wildman–Crippen MR) is 37.0 cm³/mol. The molecule has 0 fully saturated rings. The van der Waals surface area contributed by atoms with Crippen LogP contribution in [-0.2, 0) is 4.74 Å². The number of nitrogens with zero attached hydrogens (tertiary/aromatic N) is 1. The lowest BCUT2D eigenvalue weighted by atomic mass is 10.4. The van der Waals surface area contributed by atoms with Crippen LogP contribution in [0.15, 0.2) is 12.3 Å². The van der Waals surface area contributed by atoms with Gasteiger partial charge < -0.3 is 4.74 Å². The van der Waals surface area contributed by atoms with Crippen LogP contribution in [-0.4, -0.2) is 17.2 Å². The maximum Gasteiger partial charge on any atom is 0.356 e. The molecular weight excluding hydrogens is 173 g/mol. The fourth-order valence-corrected chi connectivity index (χ4v) is 0.869. The second-order valence-electron chi connectivity index (χ2n) is 1.85. The lowest BCUT2D eigenvalue weighted by Gasteiger charge is -1.95. The molecule has 11 heavy (non-hydrogen) atoms. The predicted octanol–water partition coefficient (Wildman–Crippen LogP) is 1.42. The van der Waals surface area contributed by atoms with E-state index in [0.29, 0.717) is 0 Å². The quantitative estimate of drug-likeness (QED) is 0.608. The number of ether oxygens (including phenoxy) is 1. The molecule has 1 aromatic heterocycles. The van der Waals surface area contributed by atoms with E-state index in [1.807, 2.05) is 0 Å². The summed E-state index contributed by atoms with van der Waals surface area (Å²) >= 11 is 5.39. The molecule has 0 saturated carbocycles. The Balaban J connectivity index is 3.03. The van der Waals surface area contributed by atoms with Crippen LogP contribution in [0.5, 0.6) is 0 Å². The molecule has 0 radical (unpaired) electrons. The summed E-state index contributed by atoms with van der Waals surface area (Å²) in [5, 5.41) is 0. The molecule has 3 nitrogen and oxygen atoms in total. The van der Waals surface area contributed by atoms with Crippen LogP contribution >= 0.6 is 11.8 Å². The van der Waals surface area contributed by atoms with Gasteiger partial charge in [-0.15, -0.1) is 0 Å². The number of esters is 1. The molecule has 0 aromatic carbocycles. The Labute approximate surface area is 67.4 Å². The van der Waals surface area contributed by atoms with Crippen molar-refractivity contribution in [3.05, 3.63) is 23.8 Å². The second-order valence-corrected chi connectivity index (χ2v) is 2.21. The van der Waals surface area contributed by atoms with Gasteiger partial charge in [-0.3, -0.25) is 4.09 Å². The summed E-state index contributed by atoms with van der Waals surface area (Å²) in [5.41, 5.74) is -0.0216. The number of rotatable bonds is 1. The Morgan fingerprint density at radius 2 is 2.45 bits per heavy atom. The third kappa shape index (κ3) is 1.51. The van der Waals surface area contributed by atoms with E-state index in [0.717, 1.165) is 16.3 Å². The van der Waals surface area contributed by atoms with Crippen molar-refractivity contribution < 1.29 is 13.9 Å². The first-order valence-electron chi connectivity index (χ1n) is 2.77. The SMILES string of the molecule is COC(=O)c1cc(F)cn1Cl. The van der Waals surface area contributed by atoms with Gasteiger partial charge in [0, 0.05) is 17.8 Å². The maximum absolute atomic E-state index is 12.4. The second kappa shape index (κ2) is 2.92. The number of hydrogen-bond acceptors (Lipinski definition) is 2. The fourth-order valence-electron chi connectivity index (χ4n) is 0.658. The number of carbonyl (C=O) groups is 1. The Kier molecular flexibility index (Phi) is 2.14. The third-order valence-corrected chi connectivity index (χ3v) is 1.42. The van der Waals surface area contributed by atoms with Gasteiger partial charge in [-0.05, 0) is 0 Å². The summed E-state index contributed by atoms with van der Waals surface area (Å²) in [4.78, 5) is 10.8. The van der Waals surface area contributed by atoms with E-state index in [9.17, 15) is 9.18 Å². The molecule has 5 heteroatoms. The molecule has 0 N–H and O–H groups in total. The molecule has 0 atom stereocenters. The smallest absolute Gasteiger partial charge is 0.356 e. The standard InChI is InChI=1S/C6H5ClFNO2/c1-11-6(10)5-2-4(8)3-9(5)7/h2-3H,1H3. The van der Waals surface area contributed by atoms with Crippen LogP contribution in [0, 0.1) is 5.82 Å². The van der Waals surface area contributed by atoms with Crippen molar-refractivity contribution in [1.29, 1.82) is 0 Å². The van der Waals surface area contributed by atoms with Crippen molar-refractivity contribution in [1.82, 2.24) is 4.09 Å². The van der Waals surface area contributed by atoms with E-state index in [-0.39, 0.29) is 5.69 Å². The number of methoxy groups -OCH3 is 1. The van der Waals surface area contributed by atoms with Crippen molar-refractivity contribution in [2.75, 3.05) is 7.11 Å². The van der Waals surface area contributed by atoms with E-state index < -0.39 is 11.8 Å². The Hall–Kier alpha value is -1.03. The first-order chi connectivity index (χ1) is 5.15. The molecule has 0 aliphatic carbocycles. The van der Waals surface area contributed by atoms with E-state index >= 15 is 0 Å². The van der Waals surface area contributed by atoms with Crippen molar-refractivity contribution >= 4 is 17.7 Å². The van der Waals surface area contributed by atoms with Gasteiger partial charge in [0.15, 0.2) is 0 Å². The van der Waals surface area contributed by atoms with Crippen molar-refractivity contribution in [3.8, 4) is 0 Å². The Morgan fingerprint density at radius 3 is 2.82 bits per heavy atom. The van der Waals surface area contributed by atoms with E-state index in [1.54, 1.807) is 0 Å². The van der Waals surface area contributed by atoms with Gasteiger partial charge in [-0.25, -0.2) is 9.18 Å². The molecular formula is C6H5ClFNO2. The summed E-state index contributed by atoms with van der Waals surface area (Å²) in [6.45, 7) is 0. The molecule has 60 valence electrons. The molecule has 0 spiro atoms. The molecule has 0 aliphatic heterocycles. The first-order valence-corrected chi connectivity index (χ1v) is 3.11. The third-order valence-electron chi connectivity index (χ3n) is 1.14. The summed E-state index contributed by atoms with van der Waals surface area (Å²) < 4.78 is 17.5. The van der Waals surface area contributed by atoms with Crippen LogP contribution in [0.1, 0.15) is 10.5 Å².